The summed E-state index contributed by atoms with van der Waals surface area (Å²) in [6.07, 6.45) is 0. The van der Waals surface area contributed by atoms with Crippen molar-refractivity contribution in [2.24, 2.45) is 0 Å². The van der Waals surface area contributed by atoms with Gasteiger partial charge in [-0.25, -0.2) is 8.42 Å². The number of anilines is 1. The minimum absolute atomic E-state index is 0.0586. The number of aryl methyl sites for hydroxylation is 1. The quantitative estimate of drug-likeness (QED) is 0.482. The van der Waals surface area contributed by atoms with Crippen molar-refractivity contribution in [1.82, 2.24) is 4.31 Å². The number of benzene rings is 2. The smallest absolute Gasteiger partial charge is 0.326 e. The number of methoxy groups -OCH3 is 1. The molecule has 0 bridgehead atoms. The highest BCUT2D eigenvalue weighted by molar-refractivity contribution is 7.89. The van der Waals surface area contributed by atoms with Crippen LogP contribution in [-0.2, 0) is 19.6 Å². The maximum absolute atomic E-state index is 12.9. The Labute approximate surface area is 150 Å². The van der Waals surface area contributed by atoms with Crippen molar-refractivity contribution in [2.45, 2.75) is 23.9 Å². The Morgan fingerprint density at radius 3 is 2.46 bits per heavy atom. The summed E-state index contributed by atoms with van der Waals surface area (Å²) < 4.78 is 31.6. The molecule has 1 N–H and O–H groups in total. The van der Waals surface area contributed by atoms with Gasteiger partial charge in [-0.3, -0.25) is 10.0 Å². The van der Waals surface area contributed by atoms with Gasteiger partial charge in [-0.2, -0.15) is 4.31 Å². The molecule has 0 aliphatic carbocycles. The van der Waals surface area contributed by atoms with E-state index >= 15 is 0 Å². The van der Waals surface area contributed by atoms with E-state index in [1.54, 1.807) is 18.2 Å². The Morgan fingerprint density at radius 2 is 1.88 bits per heavy atom. The van der Waals surface area contributed by atoms with Gasteiger partial charge in [0, 0.05) is 0 Å². The zero-order valence-electron chi connectivity index (χ0n) is 14.1. The molecule has 0 radical (unpaired) electrons. The van der Waals surface area contributed by atoms with Crippen LogP contribution in [0, 0.1) is 12.1 Å². The molecule has 138 valence electrons. The molecular weight excluding hydrogens is 360 g/mol. The monoisotopic (exact) mass is 377 g/mol. The lowest BCUT2D eigenvalue weighted by Crippen LogP contribution is -2.20. The molecule has 1 heterocycles. The third-order valence-corrected chi connectivity index (χ3v) is 6.11. The van der Waals surface area contributed by atoms with Gasteiger partial charge >= 0.3 is 5.97 Å². The van der Waals surface area contributed by atoms with Crippen LogP contribution in [0.1, 0.15) is 17.2 Å². The summed E-state index contributed by atoms with van der Waals surface area (Å²) in [7, 11) is -2.76. The Balaban J connectivity index is 2.01. The van der Waals surface area contributed by atoms with Crippen molar-refractivity contribution in [2.75, 3.05) is 12.3 Å². The van der Waals surface area contributed by atoms with Crippen molar-refractivity contribution in [1.29, 1.82) is 0 Å². The van der Waals surface area contributed by atoms with E-state index in [1.807, 2.05) is 6.92 Å². The van der Waals surface area contributed by atoms with Crippen LogP contribution in [0.3, 0.4) is 0 Å². The maximum Gasteiger partial charge on any atom is 0.326 e. The predicted molar refractivity (Wildman–Crippen MR) is 92.8 cm³/mol. The summed E-state index contributed by atoms with van der Waals surface area (Å²) in [5, 5.41) is 19.8. The van der Waals surface area contributed by atoms with E-state index in [9.17, 15) is 18.4 Å². The van der Waals surface area contributed by atoms with Gasteiger partial charge in [0.15, 0.2) is 0 Å². The molecule has 1 saturated heterocycles. The molecule has 26 heavy (non-hydrogen) atoms. The second-order valence-corrected chi connectivity index (χ2v) is 7.77. The normalized spacial score (nSPS) is 21.9. The lowest BCUT2D eigenvalue weighted by molar-refractivity contribution is -0.140. The van der Waals surface area contributed by atoms with Crippen LogP contribution in [0.4, 0.5) is 5.69 Å². The van der Waals surface area contributed by atoms with Gasteiger partial charge < -0.3 is 15.2 Å². The number of carbonyl (C=O) groups is 1. The van der Waals surface area contributed by atoms with Gasteiger partial charge in [0.1, 0.15) is 6.04 Å². The average Bonchev–Trinajstić information content (AvgIpc) is 3.38. The number of ether oxygens (including phenoxy) is 1. The summed E-state index contributed by atoms with van der Waals surface area (Å²) in [6.45, 7) is 1.84. The molecular formula is C17H17N2O6S-. The zero-order valence-corrected chi connectivity index (χ0v) is 14.9. The summed E-state index contributed by atoms with van der Waals surface area (Å²) in [5.74, 6) is -0.695. The first-order chi connectivity index (χ1) is 12.3. The van der Waals surface area contributed by atoms with E-state index in [-0.39, 0.29) is 15.8 Å². The molecule has 9 heteroatoms. The van der Waals surface area contributed by atoms with Crippen LogP contribution in [0.15, 0.2) is 53.4 Å². The maximum atomic E-state index is 12.9. The Bertz CT molecular complexity index is 927. The largest absolute Gasteiger partial charge is 0.733 e. The highest BCUT2D eigenvalue weighted by atomic mass is 32.2. The molecule has 1 aliphatic rings. The fraction of sp³-hybridized carbons (Fsp3) is 0.235. The van der Waals surface area contributed by atoms with Crippen LogP contribution in [0.2, 0.25) is 0 Å². The predicted octanol–water partition coefficient (Wildman–Crippen LogP) is 1.98. The Hall–Kier alpha value is -2.46. The van der Waals surface area contributed by atoms with Crippen LogP contribution in [0.5, 0.6) is 0 Å². The van der Waals surface area contributed by atoms with Gasteiger partial charge in [0.25, 0.3) is 0 Å². The fourth-order valence-corrected chi connectivity index (χ4v) is 4.56. The molecule has 0 spiro atoms. The second kappa shape index (κ2) is 6.69. The number of carbonyl (C=O) groups excluding carboxylic acids is 1. The molecule has 0 amide bonds. The zero-order chi connectivity index (χ0) is 19.1. The van der Waals surface area contributed by atoms with Crippen LogP contribution in [-0.4, -0.2) is 37.1 Å². The van der Waals surface area contributed by atoms with Gasteiger partial charge in [-0.15, -0.1) is 0 Å². The summed E-state index contributed by atoms with van der Waals surface area (Å²) in [4.78, 5) is 12.1. The minimum Gasteiger partial charge on any atom is -0.733 e. The van der Waals surface area contributed by atoms with Gasteiger partial charge in [0.05, 0.1) is 23.7 Å². The molecule has 1 aliphatic heterocycles. The van der Waals surface area contributed by atoms with Crippen molar-refractivity contribution in [3.63, 3.8) is 0 Å². The van der Waals surface area contributed by atoms with Crippen LogP contribution in [0.25, 0.3) is 0 Å². The number of sulfonamides is 1. The lowest BCUT2D eigenvalue weighted by Gasteiger charge is -2.21. The van der Waals surface area contributed by atoms with Crippen molar-refractivity contribution < 1.29 is 23.2 Å². The van der Waals surface area contributed by atoms with Gasteiger partial charge in [-0.05, 0) is 36.8 Å². The Morgan fingerprint density at radius 1 is 1.23 bits per heavy atom. The average molecular weight is 377 g/mol. The first kappa shape index (κ1) is 18.3. The SMILES string of the molecule is COC(=O)[C@H]1[C@@H](c2cccc(N([O-])O)c2)N1S(=O)(=O)c1ccc(C)cc1. The lowest BCUT2D eigenvalue weighted by atomic mass is 10.1. The van der Waals surface area contributed by atoms with E-state index in [0.717, 1.165) is 9.87 Å². The van der Waals surface area contributed by atoms with Crippen molar-refractivity contribution in [3.05, 3.63) is 64.9 Å². The molecule has 1 unspecified atom stereocenters. The van der Waals surface area contributed by atoms with Gasteiger partial charge in [0.2, 0.25) is 10.0 Å². The van der Waals surface area contributed by atoms with Crippen LogP contribution < -0.4 is 5.23 Å². The van der Waals surface area contributed by atoms with E-state index in [2.05, 4.69) is 0 Å². The Kier molecular flexibility index (Phi) is 4.72. The van der Waals surface area contributed by atoms with E-state index in [0.29, 0.717) is 5.56 Å². The highest BCUT2D eigenvalue weighted by Gasteiger charge is 2.61. The summed E-state index contributed by atoms with van der Waals surface area (Å²) in [5.41, 5.74) is 1.25. The van der Waals surface area contributed by atoms with Crippen molar-refractivity contribution >= 4 is 21.7 Å². The molecule has 0 aromatic heterocycles. The van der Waals surface area contributed by atoms with E-state index in [4.69, 9.17) is 9.94 Å². The standard InChI is InChI=1S/C17H17N2O6S/c1-11-6-8-14(9-7-11)26(23,24)18-15(16(18)17(20)25-2)12-4-3-5-13(10-12)19(21)22/h3-10,15-16,21H,1-2H3/q-1/t15-,16-,18?/m1/s1. The summed E-state index contributed by atoms with van der Waals surface area (Å²) in [6, 6.07) is 10.2. The number of rotatable bonds is 5. The van der Waals surface area contributed by atoms with Gasteiger partial charge in [-0.1, -0.05) is 29.8 Å². The van der Waals surface area contributed by atoms with E-state index < -0.39 is 28.1 Å². The molecule has 0 saturated carbocycles. The first-order valence-electron chi connectivity index (χ1n) is 7.71. The topological polar surface area (TPSA) is 110 Å². The molecule has 2 aromatic rings. The molecule has 2 aromatic carbocycles. The molecule has 3 rings (SSSR count). The van der Waals surface area contributed by atoms with Crippen LogP contribution >= 0.6 is 0 Å². The first-order valence-corrected chi connectivity index (χ1v) is 9.15. The second-order valence-electron chi connectivity index (χ2n) is 5.93. The highest BCUT2D eigenvalue weighted by Crippen LogP contribution is 2.48. The number of hydrogen-bond donors (Lipinski definition) is 1. The van der Waals surface area contributed by atoms with Crippen molar-refractivity contribution in [3.8, 4) is 0 Å². The molecule has 8 nitrogen and oxygen atoms in total. The fourth-order valence-electron chi connectivity index (χ4n) is 2.85. The third-order valence-electron chi connectivity index (χ3n) is 4.23. The number of nitrogens with zero attached hydrogens (tertiary/aromatic N) is 2. The minimum atomic E-state index is -3.94. The molecule has 3 atom stereocenters. The van der Waals surface area contributed by atoms with E-state index in [1.165, 1.54) is 37.4 Å². The summed E-state index contributed by atoms with van der Waals surface area (Å²) >= 11 is 0. The third kappa shape index (κ3) is 3.17. The number of esters is 1. The molecule has 1 fully saturated rings. The number of hydrogen-bond acceptors (Lipinski definition) is 7.